The van der Waals surface area contributed by atoms with Crippen molar-refractivity contribution in [3.8, 4) is 0 Å². The minimum Gasteiger partial charge on any atom is -1.00 e. The van der Waals surface area contributed by atoms with Gasteiger partial charge in [0.2, 0.25) is 0 Å². The molecule has 0 saturated heterocycles. The van der Waals surface area contributed by atoms with Crippen molar-refractivity contribution in [2.24, 2.45) is 0 Å². The molecule has 0 fully saturated rings. The van der Waals surface area contributed by atoms with Crippen LogP contribution in [0, 0.1) is 0 Å². The average molecular weight is 231 g/mol. The molecule has 0 aromatic heterocycles. The summed E-state index contributed by atoms with van der Waals surface area (Å²) in [4.78, 5) is 9.29. The van der Waals surface area contributed by atoms with Gasteiger partial charge in [0.1, 0.15) is 0 Å². The molecule has 0 rings (SSSR count). The maximum atomic E-state index is 9.29. The summed E-state index contributed by atoms with van der Waals surface area (Å²) in [6, 6.07) is 0. The van der Waals surface area contributed by atoms with Crippen molar-refractivity contribution < 1.29 is 12.8 Å². The summed E-state index contributed by atoms with van der Waals surface area (Å²) in [6.45, 7) is 0. The number of carboxylic acid groups (broad SMARTS) is 1. The van der Waals surface area contributed by atoms with Crippen LogP contribution in [0.3, 0.4) is 0 Å². The molecule has 0 aliphatic rings. The van der Waals surface area contributed by atoms with Crippen LogP contribution >= 0.6 is 12.6 Å². The Labute approximate surface area is 84.8 Å². The van der Waals surface area contributed by atoms with Gasteiger partial charge >= 0.3 is 54.9 Å². The first-order valence-corrected chi connectivity index (χ1v) is 1.73. The van der Waals surface area contributed by atoms with Crippen LogP contribution in [0.25, 0.3) is 0 Å². The Morgan fingerprint density at radius 1 is 2.00 bits per heavy atom. The van der Waals surface area contributed by atoms with E-state index in [1.165, 1.54) is 0 Å². The van der Waals surface area contributed by atoms with E-state index >= 15 is 0 Å². The van der Waals surface area contributed by atoms with E-state index in [4.69, 9.17) is 5.11 Å². The monoisotopic (exact) mass is 232 g/mol. The van der Waals surface area contributed by atoms with Gasteiger partial charge in [-0.2, -0.15) is 12.6 Å². The summed E-state index contributed by atoms with van der Waals surface area (Å²) in [5, 5.41) is 7.65. The number of carboxylic acids is 1. The summed E-state index contributed by atoms with van der Waals surface area (Å²) < 4.78 is 0. The smallest absolute Gasteiger partial charge is 1.00 e. The van der Waals surface area contributed by atoms with Gasteiger partial charge in [0.05, 0.1) is 5.75 Å². The molecule has 0 spiro atoms. The van der Waals surface area contributed by atoms with E-state index in [1.54, 1.807) is 0 Å². The molecule has 0 aromatic carbocycles. The predicted molar refractivity (Wildman–Crippen MR) is 29.5 cm³/mol. The maximum absolute atomic E-state index is 9.29. The van der Waals surface area contributed by atoms with Crippen LogP contribution in [0.5, 0.6) is 0 Å². The Kier molecular flexibility index (Phi) is 11.1. The Hall–Kier alpha value is 1.39. The average Bonchev–Trinajstić information content (AvgIpc) is 1.38. The van der Waals surface area contributed by atoms with Gasteiger partial charge in [0.25, 0.3) is 0 Å². The van der Waals surface area contributed by atoms with Crippen LogP contribution in [0.1, 0.15) is 2.85 Å². The first-order valence-electron chi connectivity index (χ1n) is 1.10. The van der Waals surface area contributed by atoms with E-state index < -0.39 is 5.97 Å². The van der Waals surface area contributed by atoms with Crippen molar-refractivity contribution in [1.82, 2.24) is 0 Å². The Bertz CT molecular complexity index is 53.3. The second-order valence-electron chi connectivity index (χ2n) is 0.552. The molecule has 6 heavy (non-hydrogen) atoms. The number of hydrogen-bond acceptors (Lipinski definition) is 2. The zero-order valence-electron chi connectivity index (χ0n) is 5.22. The van der Waals surface area contributed by atoms with Gasteiger partial charge in [-0.3, -0.25) is 4.79 Å². The molecule has 2 nitrogen and oxygen atoms in total. The standard InChI is InChI=1S/C2H4O2S.Ba.2H/c3-2(4)1-5;;;/h5H,1H2,(H,3,4);;;/q;+2;2*-1. The molecule has 0 bridgehead atoms. The molecule has 0 atom stereocenters. The van der Waals surface area contributed by atoms with Crippen molar-refractivity contribution in [1.29, 1.82) is 0 Å². The second kappa shape index (κ2) is 6.39. The van der Waals surface area contributed by atoms with E-state index in [0.29, 0.717) is 0 Å². The Morgan fingerprint density at radius 2 is 2.17 bits per heavy atom. The fraction of sp³-hybridized carbons (Fsp3) is 0.500. The van der Waals surface area contributed by atoms with Crippen molar-refractivity contribution in [3.63, 3.8) is 0 Å². The largest absolute Gasteiger partial charge is 2.00 e. The molecule has 0 radical (unpaired) electrons. The summed E-state index contributed by atoms with van der Waals surface area (Å²) in [6.07, 6.45) is 0. The summed E-state index contributed by atoms with van der Waals surface area (Å²) in [5.41, 5.74) is 0. The minimum absolute atomic E-state index is 0. The third-order valence-electron chi connectivity index (χ3n) is 0.135. The van der Waals surface area contributed by atoms with Crippen LogP contribution in [0.15, 0.2) is 0 Å². The number of hydrogen-bond donors (Lipinski definition) is 2. The van der Waals surface area contributed by atoms with Gasteiger partial charge in [-0.05, 0) is 0 Å². The van der Waals surface area contributed by atoms with Crippen LogP contribution in [0.4, 0.5) is 0 Å². The third kappa shape index (κ3) is 9.04. The number of thiol groups is 1. The number of carbonyl (C=O) groups is 1. The fourth-order valence-electron chi connectivity index (χ4n) is 0. The first kappa shape index (κ1) is 10.4. The van der Waals surface area contributed by atoms with Gasteiger partial charge in [0.15, 0.2) is 0 Å². The number of rotatable bonds is 1. The van der Waals surface area contributed by atoms with E-state index in [9.17, 15) is 4.79 Å². The minimum atomic E-state index is -0.881. The molecule has 0 aliphatic heterocycles. The second-order valence-corrected chi connectivity index (χ2v) is 0.868. The van der Waals surface area contributed by atoms with Gasteiger partial charge < -0.3 is 7.96 Å². The molecule has 4 heteroatoms. The molecule has 0 unspecified atom stereocenters. The predicted octanol–water partition coefficient (Wildman–Crippen LogP) is -0.155. The molecule has 0 aliphatic carbocycles. The van der Waals surface area contributed by atoms with Crippen molar-refractivity contribution in [2.75, 3.05) is 5.75 Å². The third-order valence-corrected chi connectivity index (χ3v) is 0.406. The van der Waals surface area contributed by atoms with Crippen molar-refractivity contribution in [3.05, 3.63) is 0 Å². The quantitative estimate of drug-likeness (QED) is 0.486. The van der Waals surface area contributed by atoms with Gasteiger partial charge in [-0.1, -0.05) is 0 Å². The molecule has 0 heterocycles. The topological polar surface area (TPSA) is 37.3 Å². The molecular weight excluding hydrogens is 225 g/mol. The van der Waals surface area contributed by atoms with Gasteiger partial charge in [-0.15, -0.1) is 0 Å². The van der Waals surface area contributed by atoms with Crippen LogP contribution < -0.4 is 0 Å². The summed E-state index contributed by atoms with van der Waals surface area (Å²) in [5.74, 6) is -0.965. The maximum Gasteiger partial charge on any atom is 2.00 e. The zero-order chi connectivity index (χ0) is 4.28. The SMILES string of the molecule is O=C(O)CS.[Ba+2].[H-].[H-]. The zero-order valence-corrected chi connectivity index (χ0v) is 8.55. The Balaban J connectivity index is -0.0000000267. The van der Waals surface area contributed by atoms with Gasteiger partial charge in [0, 0.05) is 0 Å². The van der Waals surface area contributed by atoms with E-state index in [1.807, 2.05) is 0 Å². The van der Waals surface area contributed by atoms with Crippen LogP contribution in [-0.4, -0.2) is 65.7 Å². The van der Waals surface area contributed by atoms with Gasteiger partial charge in [-0.25, -0.2) is 0 Å². The van der Waals surface area contributed by atoms with Crippen molar-refractivity contribution in [2.45, 2.75) is 0 Å². The van der Waals surface area contributed by atoms with E-state index in [-0.39, 0.29) is 57.5 Å². The molecular formula is C2H6BaO2S. The van der Waals surface area contributed by atoms with Crippen molar-refractivity contribution >= 4 is 67.5 Å². The molecule has 0 saturated carbocycles. The van der Waals surface area contributed by atoms with E-state index in [0.717, 1.165) is 0 Å². The Morgan fingerprint density at radius 3 is 2.17 bits per heavy atom. The molecule has 0 aromatic rings. The van der Waals surface area contributed by atoms with Crippen LogP contribution in [-0.2, 0) is 4.79 Å². The fourth-order valence-corrected chi connectivity index (χ4v) is 0. The molecule has 34 valence electrons. The van der Waals surface area contributed by atoms with Crippen LogP contribution in [0.2, 0.25) is 0 Å². The number of aliphatic carboxylic acids is 1. The normalized spacial score (nSPS) is 6.17. The molecule has 0 amide bonds. The first-order chi connectivity index (χ1) is 2.27. The summed E-state index contributed by atoms with van der Waals surface area (Å²) in [7, 11) is 0. The molecule has 1 N–H and O–H groups in total. The van der Waals surface area contributed by atoms with E-state index in [2.05, 4.69) is 12.6 Å². The summed E-state index contributed by atoms with van der Waals surface area (Å²) >= 11 is 3.42.